The molecule has 0 amide bonds. The molecule has 5 heteroatoms. The average molecular weight is 286 g/mol. The highest BCUT2D eigenvalue weighted by molar-refractivity contribution is 5.64. The number of aromatic hydroxyl groups is 2. The van der Waals surface area contributed by atoms with Crippen LogP contribution >= 0.6 is 0 Å². The zero-order valence-electron chi connectivity index (χ0n) is 12.1. The molecule has 0 fully saturated rings. The summed E-state index contributed by atoms with van der Waals surface area (Å²) in [6, 6.07) is 5.10. The Morgan fingerprint density at radius 1 is 1.29 bits per heavy atom. The van der Waals surface area contributed by atoms with Gasteiger partial charge in [-0.1, -0.05) is 0 Å². The highest BCUT2D eigenvalue weighted by Crippen LogP contribution is 2.39. The second-order valence-electron chi connectivity index (χ2n) is 5.14. The molecule has 1 aromatic heterocycles. The van der Waals surface area contributed by atoms with E-state index in [1.165, 1.54) is 0 Å². The Kier molecular flexibility index (Phi) is 3.33. The molecule has 0 saturated carbocycles. The van der Waals surface area contributed by atoms with Crippen LogP contribution in [-0.4, -0.2) is 21.8 Å². The van der Waals surface area contributed by atoms with Gasteiger partial charge in [-0.2, -0.15) is 0 Å². The molecule has 2 N–H and O–H groups in total. The van der Waals surface area contributed by atoms with Gasteiger partial charge >= 0.3 is 0 Å². The first-order valence-electron chi connectivity index (χ1n) is 6.97. The van der Waals surface area contributed by atoms with Crippen LogP contribution in [0.15, 0.2) is 24.4 Å². The van der Waals surface area contributed by atoms with Crippen molar-refractivity contribution in [1.29, 1.82) is 0 Å². The molecule has 0 radical (unpaired) electrons. The van der Waals surface area contributed by atoms with Gasteiger partial charge in [0.15, 0.2) is 0 Å². The smallest absolute Gasteiger partial charge is 0.146 e. The number of benzene rings is 1. The lowest BCUT2D eigenvalue weighted by atomic mass is 10.1. The summed E-state index contributed by atoms with van der Waals surface area (Å²) >= 11 is 0. The lowest BCUT2D eigenvalue weighted by Gasteiger charge is -2.21. The SMILES string of the molecule is CCOc1cc(O)ccc1N1Cc2cnc(C)c(O)c2C1. The van der Waals surface area contributed by atoms with Crippen molar-refractivity contribution in [2.45, 2.75) is 26.9 Å². The molecule has 0 saturated heterocycles. The molecule has 0 atom stereocenters. The van der Waals surface area contributed by atoms with E-state index in [-0.39, 0.29) is 11.5 Å². The zero-order chi connectivity index (χ0) is 15.0. The number of phenolic OH excluding ortho intramolecular Hbond substituents is 1. The van der Waals surface area contributed by atoms with Crippen LogP contribution in [0.4, 0.5) is 5.69 Å². The van der Waals surface area contributed by atoms with Gasteiger partial charge in [-0.3, -0.25) is 4.98 Å². The van der Waals surface area contributed by atoms with Gasteiger partial charge in [0, 0.05) is 30.9 Å². The third-order valence-electron chi connectivity index (χ3n) is 3.72. The number of fused-ring (bicyclic) bond motifs is 1. The number of phenols is 1. The molecular weight excluding hydrogens is 268 g/mol. The molecule has 21 heavy (non-hydrogen) atoms. The molecule has 5 nitrogen and oxygen atoms in total. The van der Waals surface area contributed by atoms with Crippen LogP contribution in [0, 0.1) is 6.92 Å². The van der Waals surface area contributed by atoms with E-state index in [4.69, 9.17) is 4.74 Å². The maximum absolute atomic E-state index is 10.1. The predicted octanol–water partition coefficient (Wildman–Crippen LogP) is 2.72. The van der Waals surface area contributed by atoms with E-state index in [9.17, 15) is 10.2 Å². The monoisotopic (exact) mass is 286 g/mol. The van der Waals surface area contributed by atoms with E-state index < -0.39 is 0 Å². The largest absolute Gasteiger partial charge is 0.508 e. The van der Waals surface area contributed by atoms with Crippen LogP contribution in [0.2, 0.25) is 0 Å². The van der Waals surface area contributed by atoms with Crippen LogP contribution in [0.5, 0.6) is 17.2 Å². The highest BCUT2D eigenvalue weighted by atomic mass is 16.5. The van der Waals surface area contributed by atoms with Crippen molar-refractivity contribution in [2.75, 3.05) is 11.5 Å². The normalized spacial score (nSPS) is 13.3. The van der Waals surface area contributed by atoms with E-state index in [1.807, 2.05) is 19.2 Å². The first-order chi connectivity index (χ1) is 10.1. The Balaban J connectivity index is 1.96. The van der Waals surface area contributed by atoms with Crippen molar-refractivity contribution >= 4 is 5.69 Å². The minimum Gasteiger partial charge on any atom is -0.508 e. The summed E-state index contributed by atoms with van der Waals surface area (Å²) in [5, 5.41) is 19.8. The number of pyridine rings is 1. The number of nitrogens with zero attached hydrogens (tertiary/aromatic N) is 2. The van der Waals surface area contributed by atoms with Gasteiger partial charge in [-0.15, -0.1) is 0 Å². The summed E-state index contributed by atoms with van der Waals surface area (Å²) in [6.07, 6.45) is 1.81. The van der Waals surface area contributed by atoms with Gasteiger partial charge in [-0.05, 0) is 31.5 Å². The number of aryl methyl sites for hydroxylation is 1. The van der Waals surface area contributed by atoms with Gasteiger partial charge in [-0.25, -0.2) is 0 Å². The molecule has 0 bridgehead atoms. The number of rotatable bonds is 3. The Morgan fingerprint density at radius 3 is 2.86 bits per heavy atom. The van der Waals surface area contributed by atoms with Crippen LogP contribution in [-0.2, 0) is 13.1 Å². The summed E-state index contributed by atoms with van der Waals surface area (Å²) in [4.78, 5) is 6.31. The lowest BCUT2D eigenvalue weighted by Crippen LogP contribution is -2.15. The maximum atomic E-state index is 10.1. The van der Waals surface area contributed by atoms with Gasteiger partial charge < -0.3 is 19.8 Å². The van der Waals surface area contributed by atoms with E-state index in [2.05, 4.69) is 9.88 Å². The summed E-state index contributed by atoms with van der Waals surface area (Å²) < 4.78 is 5.60. The average Bonchev–Trinajstić information content (AvgIpc) is 2.88. The van der Waals surface area contributed by atoms with E-state index in [1.54, 1.807) is 19.1 Å². The van der Waals surface area contributed by atoms with E-state index in [0.29, 0.717) is 31.1 Å². The summed E-state index contributed by atoms with van der Waals surface area (Å²) in [6.45, 7) is 5.51. The van der Waals surface area contributed by atoms with Crippen molar-refractivity contribution in [3.63, 3.8) is 0 Å². The molecule has 2 aromatic rings. The third kappa shape index (κ3) is 2.35. The molecule has 1 aromatic carbocycles. The van der Waals surface area contributed by atoms with Crippen molar-refractivity contribution in [1.82, 2.24) is 4.98 Å². The fourth-order valence-corrected chi connectivity index (χ4v) is 2.65. The van der Waals surface area contributed by atoms with Crippen molar-refractivity contribution < 1.29 is 14.9 Å². The maximum Gasteiger partial charge on any atom is 0.146 e. The van der Waals surface area contributed by atoms with Crippen molar-refractivity contribution in [2.24, 2.45) is 0 Å². The first kappa shape index (κ1) is 13.5. The predicted molar refractivity (Wildman–Crippen MR) is 79.8 cm³/mol. The van der Waals surface area contributed by atoms with Gasteiger partial charge in [0.1, 0.15) is 17.2 Å². The Labute approximate surface area is 123 Å². The van der Waals surface area contributed by atoms with Crippen molar-refractivity contribution in [3.8, 4) is 17.2 Å². The fraction of sp³-hybridized carbons (Fsp3) is 0.312. The Bertz CT molecular complexity index is 685. The molecule has 2 heterocycles. The summed E-state index contributed by atoms with van der Waals surface area (Å²) in [7, 11) is 0. The molecule has 110 valence electrons. The quantitative estimate of drug-likeness (QED) is 0.908. The number of hydrogen-bond acceptors (Lipinski definition) is 5. The van der Waals surface area contributed by atoms with Crippen molar-refractivity contribution in [3.05, 3.63) is 41.2 Å². The van der Waals surface area contributed by atoms with Crippen LogP contribution in [0.25, 0.3) is 0 Å². The molecule has 0 unspecified atom stereocenters. The third-order valence-corrected chi connectivity index (χ3v) is 3.72. The fourth-order valence-electron chi connectivity index (χ4n) is 2.65. The molecule has 0 spiro atoms. The van der Waals surface area contributed by atoms with Crippen LogP contribution in [0.3, 0.4) is 0 Å². The zero-order valence-corrected chi connectivity index (χ0v) is 12.1. The van der Waals surface area contributed by atoms with Gasteiger partial charge in [0.25, 0.3) is 0 Å². The molecule has 1 aliphatic rings. The second kappa shape index (κ2) is 5.16. The second-order valence-corrected chi connectivity index (χ2v) is 5.14. The number of anilines is 1. The summed E-state index contributed by atoms with van der Waals surface area (Å²) in [5.74, 6) is 1.10. The van der Waals surface area contributed by atoms with Crippen LogP contribution in [0.1, 0.15) is 23.7 Å². The van der Waals surface area contributed by atoms with Crippen LogP contribution < -0.4 is 9.64 Å². The Morgan fingerprint density at radius 2 is 2.10 bits per heavy atom. The molecule has 1 aliphatic heterocycles. The highest BCUT2D eigenvalue weighted by Gasteiger charge is 2.25. The number of ether oxygens (including phenoxy) is 1. The van der Waals surface area contributed by atoms with Gasteiger partial charge in [0.05, 0.1) is 18.0 Å². The Hall–Kier alpha value is -2.43. The molecular formula is C16H18N2O3. The standard InChI is InChI=1S/C16H18N2O3/c1-3-21-15-6-12(19)4-5-14(15)18-8-11-7-17-10(2)16(20)13(11)9-18/h4-7,19-20H,3,8-9H2,1-2H3. The number of hydrogen-bond donors (Lipinski definition) is 2. The number of aromatic nitrogens is 1. The minimum absolute atomic E-state index is 0.180. The summed E-state index contributed by atoms with van der Waals surface area (Å²) in [5.41, 5.74) is 3.49. The van der Waals surface area contributed by atoms with E-state index >= 15 is 0 Å². The van der Waals surface area contributed by atoms with Gasteiger partial charge in [0.2, 0.25) is 0 Å². The first-order valence-corrected chi connectivity index (χ1v) is 6.97. The van der Waals surface area contributed by atoms with E-state index in [0.717, 1.165) is 16.8 Å². The topological polar surface area (TPSA) is 65.8 Å². The molecule has 0 aliphatic carbocycles. The molecule has 3 rings (SSSR count). The lowest BCUT2D eigenvalue weighted by molar-refractivity contribution is 0.338. The minimum atomic E-state index is 0.180.